The number of rotatable bonds is 8. The Bertz CT molecular complexity index is 1070. The Morgan fingerprint density at radius 3 is 2.45 bits per heavy atom. The Hall–Kier alpha value is -3.51. The lowest BCUT2D eigenvalue weighted by molar-refractivity contribution is -0.139. The van der Waals surface area contributed by atoms with E-state index in [-0.39, 0.29) is 17.2 Å². The van der Waals surface area contributed by atoms with Gasteiger partial charge in [0.2, 0.25) is 0 Å². The van der Waals surface area contributed by atoms with Crippen LogP contribution >= 0.6 is 15.9 Å². The van der Waals surface area contributed by atoms with Crippen LogP contribution in [-0.2, 0) is 9.59 Å². The van der Waals surface area contributed by atoms with Crippen LogP contribution in [0.25, 0.3) is 6.08 Å². The van der Waals surface area contributed by atoms with Gasteiger partial charge in [0.1, 0.15) is 11.6 Å². The second-order valence-corrected chi connectivity index (χ2v) is 8.08. The molecule has 1 N–H and O–H groups in total. The molecule has 1 fully saturated rings. The molecule has 172 valence electrons. The first-order valence-electron chi connectivity index (χ1n) is 10.4. The number of nitrogens with zero attached hydrogens (tertiary/aromatic N) is 3. The Kier molecular flexibility index (Phi) is 8.33. The number of carbonyl (C=O) groups excluding carboxylic acids is 1. The lowest BCUT2D eigenvalue weighted by Crippen LogP contribution is -2.49. The van der Waals surface area contributed by atoms with Gasteiger partial charge in [-0.05, 0) is 58.8 Å². The predicted molar refractivity (Wildman–Crippen MR) is 127 cm³/mol. The van der Waals surface area contributed by atoms with E-state index in [0.29, 0.717) is 48.6 Å². The van der Waals surface area contributed by atoms with Crippen LogP contribution in [0.1, 0.15) is 12.5 Å². The fraction of sp³-hybridized carbons (Fsp3) is 0.292. The van der Waals surface area contributed by atoms with E-state index in [4.69, 9.17) is 14.6 Å². The average molecular weight is 514 g/mol. The molecule has 33 heavy (non-hydrogen) atoms. The zero-order valence-electron chi connectivity index (χ0n) is 18.2. The first-order chi connectivity index (χ1) is 15.9. The molecular weight excluding hydrogens is 490 g/mol. The van der Waals surface area contributed by atoms with E-state index in [1.54, 1.807) is 24.0 Å². The Balaban J connectivity index is 1.76. The summed E-state index contributed by atoms with van der Waals surface area (Å²) >= 11 is 3.36. The van der Waals surface area contributed by atoms with Crippen molar-refractivity contribution in [3.63, 3.8) is 0 Å². The van der Waals surface area contributed by atoms with Gasteiger partial charge < -0.3 is 24.4 Å². The van der Waals surface area contributed by atoms with Gasteiger partial charge in [-0.15, -0.1) is 0 Å². The lowest BCUT2D eigenvalue weighted by atomic mass is 10.1. The molecule has 1 saturated heterocycles. The molecule has 0 unspecified atom stereocenters. The fourth-order valence-corrected chi connectivity index (χ4v) is 4.07. The van der Waals surface area contributed by atoms with Crippen molar-refractivity contribution >= 4 is 39.6 Å². The van der Waals surface area contributed by atoms with Gasteiger partial charge in [-0.1, -0.05) is 18.2 Å². The summed E-state index contributed by atoms with van der Waals surface area (Å²) in [5, 5.41) is 18.5. The van der Waals surface area contributed by atoms with Gasteiger partial charge in [0.05, 0.1) is 11.1 Å². The summed E-state index contributed by atoms with van der Waals surface area (Å²) in [5.41, 5.74) is 1.68. The van der Waals surface area contributed by atoms with Crippen LogP contribution < -0.4 is 14.4 Å². The molecule has 1 heterocycles. The molecule has 0 radical (unpaired) electrons. The minimum absolute atomic E-state index is 0.0108. The summed E-state index contributed by atoms with van der Waals surface area (Å²) in [6, 6.07) is 15.3. The van der Waals surface area contributed by atoms with Crippen molar-refractivity contribution in [2.45, 2.75) is 6.92 Å². The highest BCUT2D eigenvalue weighted by Crippen LogP contribution is 2.37. The number of benzene rings is 2. The molecular formula is C24H24BrN3O5. The molecule has 0 aliphatic carbocycles. The minimum atomic E-state index is -1.11. The molecule has 3 rings (SSSR count). The number of carboxylic acid groups (broad SMARTS) is 1. The molecule has 0 bridgehead atoms. The Morgan fingerprint density at radius 2 is 1.85 bits per heavy atom. The summed E-state index contributed by atoms with van der Waals surface area (Å²) in [6.45, 7) is 4.00. The van der Waals surface area contributed by atoms with Crippen molar-refractivity contribution < 1.29 is 24.2 Å². The van der Waals surface area contributed by atoms with E-state index in [0.717, 1.165) is 5.69 Å². The van der Waals surface area contributed by atoms with E-state index >= 15 is 0 Å². The summed E-state index contributed by atoms with van der Waals surface area (Å²) < 4.78 is 11.4. The van der Waals surface area contributed by atoms with Crippen molar-refractivity contribution in [1.82, 2.24) is 4.90 Å². The molecule has 8 nitrogen and oxygen atoms in total. The van der Waals surface area contributed by atoms with E-state index < -0.39 is 12.6 Å². The smallest absolute Gasteiger partial charge is 0.341 e. The Labute approximate surface area is 200 Å². The predicted octanol–water partition coefficient (Wildman–Crippen LogP) is 3.57. The topological polar surface area (TPSA) is 103 Å². The fourth-order valence-electron chi connectivity index (χ4n) is 3.49. The summed E-state index contributed by atoms with van der Waals surface area (Å²) in [5.74, 6) is -0.873. The maximum Gasteiger partial charge on any atom is 0.341 e. The normalized spacial score (nSPS) is 13.9. The SMILES string of the molecule is CCOc1cc(/C=C(/C#N)C(=O)N2CCN(c3ccccc3)CC2)cc(Br)c1OCC(=O)O. The van der Waals surface area contributed by atoms with Gasteiger partial charge in [-0.25, -0.2) is 4.79 Å². The van der Waals surface area contributed by atoms with Crippen molar-refractivity contribution in [3.8, 4) is 17.6 Å². The number of para-hydroxylation sites is 1. The maximum absolute atomic E-state index is 13.0. The monoisotopic (exact) mass is 513 g/mol. The van der Waals surface area contributed by atoms with Crippen molar-refractivity contribution in [2.75, 3.05) is 44.3 Å². The molecule has 0 spiro atoms. The highest BCUT2D eigenvalue weighted by atomic mass is 79.9. The van der Waals surface area contributed by atoms with Gasteiger partial charge in [0.25, 0.3) is 5.91 Å². The lowest BCUT2D eigenvalue weighted by Gasteiger charge is -2.36. The van der Waals surface area contributed by atoms with Crippen molar-refractivity contribution in [2.24, 2.45) is 0 Å². The van der Waals surface area contributed by atoms with E-state index in [9.17, 15) is 14.9 Å². The molecule has 0 atom stereocenters. The molecule has 0 aromatic heterocycles. The largest absolute Gasteiger partial charge is 0.490 e. The molecule has 1 aliphatic rings. The number of carbonyl (C=O) groups is 2. The molecule has 2 aromatic rings. The quantitative estimate of drug-likeness (QED) is 0.425. The number of piperazine rings is 1. The van der Waals surface area contributed by atoms with Gasteiger partial charge in [0, 0.05) is 31.9 Å². The van der Waals surface area contributed by atoms with Gasteiger partial charge in [0.15, 0.2) is 18.1 Å². The number of amides is 1. The van der Waals surface area contributed by atoms with Crippen LogP contribution in [0.2, 0.25) is 0 Å². The third-order valence-electron chi connectivity index (χ3n) is 5.02. The highest BCUT2D eigenvalue weighted by Gasteiger charge is 2.24. The highest BCUT2D eigenvalue weighted by molar-refractivity contribution is 9.10. The molecule has 1 aliphatic heterocycles. The van der Waals surface area contributed by atoms with E-state index in [1.165, 1.54) is 6.08 Å². The van der Waals surface area contributed by atoms with Gasteiger partial charge in [-0.2, -0.15) is 5.26 Å². The third kappa shape index (κ3) is 6.26. The van der Waals surface area contributed by atoms with Crippen LogP contribution in [0.4, 0.5) is 5.69 Å². The zero-order valence-corrected chi connectivity index (χ0v) is 19.7. The average Bonchev–Trinajstić information content (AvgIpc) is 2.82. The summed E-state index contributed by atoms with van der Waals surface area (Å²) in [7, 11) is 0. The Morgan fingerprint density at radius 1 is 1.15 bits per heavy atom. The maximum atomic E-state index is 13.0. The van der Waals surface area contributed by atoms with Crippen LogP contribution in [0.5, 0.6) is 11.5 Å². The standard InChI is InChI=1S/C24H24BrN3O5/c1-2-32-21-14-17(13-20(25)23(21)33-16-22(29)30)12-18(15-26)24(31)28-10-8-27(9-11-28)19-6-4-3-5-7-19/h3-7,12-14H,2,8-11,16H2,1H3,(H,29,30)/b18-12-. The van der Waals surface area contributed by atoms with Crippen LogP contribution in [0, 0.1) is 11.3 Å². The van der Waals surface area contributed by atoms with Crippen LogP contribution in [0.15, 0.2) is 52.5 Å². The van der Waals surface area contributed by atoms with Gasteiger partial charge in [-0.3, -0.25) is 4.79 Å². The number of ether oxygens (including phenoxy) is 2. The second-order valence-electron chi connectivity index (χ2n) is 7.23. The molecule has 2 aromatic carbocycles. The number of carboxylic acids is 1. The number of nitriles is 1. The number of anilines is 1. The van der Waals surface area contributed by atoms with Crippen molar-refractivity contribution in [3.05, 3.63) is 58.1 Å². The van der Waals surface area contributed by atoms with Crippen LogP contribution in [0.3, 0.4) is 0 Å². The summed E-state index contributed by atoms with van der Waals surface area (Å²) in [6.07, 6.45) is 1.50. The van der Waals surface area contributed by atoms with E-state index in [1.807, 2.05) is 36.4 Å². The second kappa shape index (κ2) is 11.4. The number of hydrogen-bond acceptors (Lipinski definition) is 6. The number of aliphatic carboxylic acids is 1. The number of halogens is 1. The number of hydrogen-bond donors (Lipinski definition) is 1. The molecule has 1 amide bonds. The minimum Gasteiger partial charge on any atom is -0.490 e. The first-order valence-corrected chi connectivity index (χ1v) is 11.2. The molecule has 0 saturated carbocycles. The summed E-state index contributed by atoms with van der Waals surface area (Å²) in [4.78, 5) is 27.7. The third-order valence-corrected chi connectivity index (χ3v) is 5.61. The van der Waals surface area contributed by atoms with E-state index in [2.05, 4.69) is 20.8 Å². The zero-order chi connectivity index (χ0) is 23.8. The van der Waals surface area contributed by atoms with Gasteiger partial charge >= 0.3 is 5.97 Å². The van der Waals surface area contributed by atoms with Crippen molar-refractivity contribution in [1.29, 1.82) is 5.26 Å². The molecule has 9 heteroatoms. The van der Waals surface area contributed by atoms with Crippen LogP contribution in [-0.4, -0.2) is 61.3 Å². The first kappa shape index (κ1) is 24.1.